The molecule has 6 nitrogen and oxygen atoms in total. The third-order valence-corrected chi connectivity index (χ3v) is 5.75. The zero-order chi connectivity index (χ0) is 23.5. The van der Waals surface area contributed by atoms with Crippen molar-refractivity contribution in [3.8, 4) is 22.6 Å². The van der Waals surface area contributed by atoms with E-state index in [1.165, 1.54) is 0 Å². The van der Waals surface area contributed by atoms with Crippen molar-refractivity contribution in [3.63, 3.8) is 0 Å². The number of anilines is 2. The lowest BCUT2D eigenvalue weighted by Gasteiger charge is -2.16. The van der Waals surface area contributed by atoms with Gasteiger partial charge in [-0.3, -0.25) is 9.78 Å². The van der Waals surface area contributed by atoms with E-state index in [0.29, 0.717) is 28.5 Å². The third-order valence-electron chi connectivity index (χ3n) is 5.75. The van der Waals surface area contributed by atoms with E-state index in [1.807, 2.05) is 72.8 Å². The molecule has 0 bridgehead atoms. The lowest BCUT2D eigenvalue weighted by molar-refractivity contribution is -0.110. The fraction of sp³-hybridized carbons (Fsp3) is 0.0714. The van der Waals surface area contributed by atoms with Crippen LogP contribution >= 0.6 is 0 Å². The van der Waals surface area contributed by atoms with Crippen LogP contribution in [0.2, 0.25) is 0 Å². The van der Waals surface area contributed by atoms with Crippen LogP contribution in [0.25, 0.3) is 22.4 Å². The van der Waals surface area contributed by atoms with E-state index in [9.17, 15) is 4.79 Å². The molecule has 0 saturated carbocycles. The van der Waals surface area contributed by atoms with Gasteiger partial charge in [0.25, 0.3) is 5.91 Å². The predicted molar refractivity (Wildman–Crippen MR) is 135 cm³/mol. The first-order chi connectivity index (χ1) is 16.7. The predicted octanol–water partition coefficient (Wildman–Crippen LogP) is 5.70. The Morgan fingerprint density at radius 2 is 1.47 bits per heavy atom. The lowest BCUT2D eigenvalue weighted by atomic mass is 9.99. The number of hydrogen-bond acceptors (Lipinski definition) is 5. The first-order valence-electron chi connectivity index (χ1n) is 10.8. The summed E-state index contributed by atoms with van der Waals surface area (Å²) in [6.07, 6.45) is 3.55. The Morgan fingerprint density at radius 1 is 0.824 bits per heavy atom. The summed E-state index contributed by atoms with van der Waals surface area (Å²) in [5.41, 5.74) is 6.62. The molecule has 0 atom stereocenters. The molecule has 3 aromatic carbocycles. The zero-order valence-corrected chi connectivity index (χ0v) is 18.8. The number of nitrogens with one attached hydrogen (secondary N) is 2. The van der Waals surface area contributed by atoms with Gasteiger partial charge < -0.3 is 20.1 Å². The van der Waals surface area contributed by atoms with Crippen molar-refractivity contribution >= 4 is 28.6 Å². The van der Waals surface area contributed by atoms with E-state index < -0.39 is 0 Å². The molecule has 1 amide bonds. The second kappa shape index (κ2) is 9.11. The van der Waals surface area contributed by atoms with Crippen LogP contribution in [0.4, 0.5) is 11.4 Å². The summed E-state index contributed by atoms with van der Waals surface area (Å²) in [7, 11) is 3.16. The summed E-state index contributed by atoms with van der Waals surface area (Å²) in [6.45, 7) is 0. The summed E-state index contributed by atoms with van der Waals surface area (Å²) in [6, 6.07) is 25.5. The maximum absolute atomic E-state index is 13.2. The van der Waals surface area contributed by atoms with Gasteiger partial charge in [0.1, 0.15) is 0 Å². The molecule has 0 fully saturated rings. The second-order valence-corrected chi connectivity index (χ2v) is 7.76. The number of methoxy groups -OCH3 is 2. The second-order valence-electron chi connectivity index (χ2n) is 7.76. The lowest BCUT2D eigenvalue weighted by Crippen LogP contribution is -2.10. The Kier molecular flexibility index (Phi) is 5.70. The molecule has 0 radical (unpaired) electrons. The van der Waals surface area contributed by atoms with Crippen molar-refractivity contribution in [1.82, 2.24) is 4.98 Å². The molecule has 0 spiro atoms. The van der Waals surface area contributed by atoms with E-state index in [0.717, 1.165) is 27.9 Å². The Bertz CT molecular complexity index is 1370. The fourth-order valence-corrected chi connectivity index (χ4v) is 4.06. The minimum absolute atomic E-state index is 0.190. The molecule has 34 heavy (non-hydrogen) atoms. The van der Waals surface area contributed by atoms with Gasteiger partial charge in [0.2, 0.25) is 0 Å². The average Bonchev–Trinajstić information content (AvgIpc) is 3.22. The minimum atomic E-state index is -0.190. The number of amides is 1. The number of ether oxygens (including phenoxy) is 2. The van der Waals surface area contributed by atoms with Gasteiger partial charge in [-0.15, -0.1) is 0 Å². The molecule has 0 unspecified atom stereocenters. The SMILES string of the molecule is COc1cc2c(cc1OC)/C(=C(/Nc1ccc(-c3ccncc3)cc1)c1ccccc1)C(=O)N2. The largest absolute Gasteiger partial charge is 0.493 e. The van der Waals surface area contributed by atoms with Gasteiger partial charge >= 0.3 is 0 Å². The van der Waals surface area contributed by atoms with E-state index in [-0.39, 0.29) is 5.91 Å². The highest BCUT2D eigenvalue weighted by Crippen LogP contribution is 2.43. The van der Waals surface area contributed by atoms with Crippen LogP contribution in [0.1, 0.15) is 11.1 Å². The van der Waals surface area contributed by atoms with Crippen LogP contribution in [0, 0.1) is 0 Å². The van der Waals surface area contributed by atoms with Gasteiger partial charge in [0, 0.05) is 29.7 Å². The first kappa shape index (κ1) is 21.3. The molecule has 1 aromatic heterocycles. The molecule has 0 aliphatic carbocycles. The summed E-state index contributed by atoms with van der Waals surface area (Å²) in [5, 5.41) is 6.45. The van der Waals surface area contributed by atoms with Crippen LogP contribution in [-0.4, -0.2) is 25.1 Å². The van der Waals surface area contributed by atoms with Crippen molar-refractivity contribution in [2.24, 2.45) is 0 Å². The summed E-state index contributed by atoms with van der Waals surface area (Å²) in [5.74, 6) is 0.929. The number of benzene rings is 3. The highest BCUT2D eigenvalue weighted by molar-refractivity contribution is 6.37. The smallest absolute Gasteiger partial charge is 0.258 e. The van der Waals surface area contributed by atoms with Crippen molar-refractivity contribution in [1.29, 1.82) is 0 Å². The molecular formula is C28H23N3O3. The number of pyridine rings is 1. The number of carbonyl (C=O) groups is 1. The Hall–Kier alpha value is -4.58. The number of aromatic nitrogens is 1. The molecule has 2 heterocycles. The van der Waals surface area contributed by atoms with Crippen LogP contribution < -0.4 is 20.1 Å². The fourth-order valence-electron chi connectivity index (χ4n) is 4.06. The highest BCUT2D eigenvalue weighted by atomic mass is 16.5. The monoisotopic (exact) mass is 449 g/mol. The molecule has 4 aromatic rings. The number of rotatable bonds is 6. The van der Waals surface area contributed by atoms with Gasteiger partial charge in [0.05, 0.1) is 31.2 Å². The Morgan fingerprint density at radius 3 is 2.15 bits per heavy atom. The van der Waals surface area contributed by atoms with Crippen LogP contribution in [0.5, 0.6) is 11.5 Å². The van der Waals surface area contributed by atoms with Crippen molar-refractivity contribution in [3.05, 3.63) is 102 Å². The van der Waals surface area contributed by atoms with E-state index in [2.05, 4.69) is 15.6 Å². The molecule has 168 valence electrons. The third kappa shape index (κ3) is 3.97. The van der Waals surface area contributed by atoms with Crippen LogP contribution in [0.15, 0.2) is 91.3 Å². The van der Waals surface area contributed by atoms with Crippen molar-refractivity contribution in [2.45, 2.75) is 0 Å². The van der Waals surface area contributed by atoms with Gasteiger partial charge in [0.15, 0.2) is 11.5 Å². The average molecular weight is 450 g/mol. The number of carbonyl (C=O) groups excluding carboxylic acids is 1. The number of nitrogens with zero attached hydrogens (tertiary/aromatic N) is 1. The van der Waals surface area contributed by atoms with Crippen LogP contribution in [0.3, 0.4) is 0 Å². The van der Waals surface area contributed by atoms with E-state index >= 15 is 0 Å². The van der Waals surface area contributed by atoms with Crippen molar-refractivity contribution < 1.29 is 14.3 Å². The summed E-state index contributed by atoms with van der Waals surface area (Å²) in [4.78, 5) is 17.3. The molecule has 1 aliphatic heterocycles. The van der Waals surface area contributed by atoms with E-state index in [4.69, 9.17) is 9.47 Å². The number of fused-ring (bicyclic) bond motifs is 1. The molecule has 0 saturated heterocycles. The Labute approximate surface area is 197 Å². The van der Waals surface area contributed by atoms with Gasteiger partial charge in [-0.2, -0.15) is 0 Å². The molecular weight excluding hydrogens is 426 g/mol. The van der Waals surface area contributed by atoms with Crippen LogP contribution in [-0.2, 0) is 4.79 Å². The Balaban J connectivity index is 1.60. The standard InChI is InChI=1S/C28H23N3O3/c1-33-24-16-22-23(17-25(24)34-2)31-28(32)26(22)27(20-6-4-3-5-7-20)30-21-10-8-18(9-11-21)19-12-14-29-15-13-19/h3-17,30H,1-2H3,(H,31,32)/b27-26-. The maximum Gasteiger partial charge on any atom is 0.258 e. The summed E-state index contributed by atoms with van der Waals surface area (Å²) >= 11 is 0. The molecule has 2 N–H and O–H groups in total. The first-order valence-corrected chi connectivity index (χ1v) is 10.8. The quantitative estimate of drug-likeness (QED) is 0.370. The van der Waals surface area contributed by atoms with Crippen molar-refractivity contribution in [2.75, 3.05) is 24.9 Å². The van der Waals surface area contributed by atoms with Gasteiger partial charge in [-0.05, 0) is 47.0 Å². The molecule has 1 aliphatic rings. The minimum Gasteiger partial charge on any atom is -0.493 e. The highest BCUT2D eigenvalue weighted by Gasteiger charge is 2.30. The topological polar surface area (TPSA) is 72.5 Å². The number of hydrogen-bond donors (Lipinski definition) is 2. The summed E-state index contributed by atoms with van der Waals surface area (Å²) < 4.78 is 10.9. The van der Waals surface area contributed by atoms with E-state index in [1.54, 1.807) is 32.7 Å². The van der Waals surface area contributed by atoms with Gasteiger partial charge in [-0.1, -0.05) is 42.5 Å². The molecule has 6 heteroatoms. The zero-order valence-electron chi connectivity index (χ0n) is 18.8. The molecule has 5 rings (SSSR count). The maximum atomic E-state index is 13.2. The van der Waals surface area contributed by atoms with Gasteiger partial charge in [-0.25, -0.2) is 0 Å². The normalized spacial score (nSPS) is 13.6.